The van der Waals surface area contributed by atoms with Crippen LogP contribution in [0, 0.1) is 5.92 Å². The van der Waals surface area contributed by atoms with Crippen molar-refractivity contribution in [2.75, 3.05) is 19.0 Å². The molecule has 1 amide bonds. The first-order valence-electron chi connectivity index (χ1n) is 5.77. The molecule has 1 aliphatic rings. The molecule has 4 nitrogen and oxygen atoms in total. The normalized spacial score (nSPS) is 14.9. The van der Waals surface area contributed by atoms with E-state index in [0.717, 1.165) is 24.1 Å². The largest absolute Gasteiger partial charge is 0.378 e. The molecule has 0 spiro atoms. The number of anilines is 1. The number of rotatable bonds is 4. The molecule has 0 saturated heterocycles. The molecular weight excluding hydrogens is 214 g/mol. The number of hydrazone groups is 1. The molecule has 0 bridgehead atoms. The smallest absolute Gasteiger partial charge is 0.243 e. The van der Waals surface area contributed by atoms with Gasteiger partial charge in [0.2, 0.25) is 5.91 Å². The number of amides is 1. The molecule has 1 N–H and O–H groups in total. The highest BCUT2D eigenvalue weighted by Crippen LogP contribution is 2.28. The SMILES string of the molecule is CN(C)c1ccc(/C=N/NC(=O)C2CC2)cc1. The fraction of sp³-hybridized carbons (Fsp3) is 0.385. The minimum Gasteiger partial charge on any atom is -0.378 e. The van der Waals surface area contributed by atoms with E-state index in [0.29, 0.717) is 0 Å². The fourth-order valence-corrected chi connectivity index (χ4v) is 1.47. The van der Waals surface area contributed by atoms with Gasteiger partial charge >= 0.3 is 0 Å². The molecule has 90 valence electrons. The monoisotopic (exact) mass is 231 g/mol. The standard InChI is InChI=1S/C13H17N3O/c1-16(2)12-7-3-10(4-8-12)9-14-15-13(17)11-5-6-11/h3-4,7-9,11H,5-6H2,1-2H3,(H,15,17)/b14-9+. The van der Waals surface area contributed by atoms with E-state index in [1.54, 1.807) is 6.21 Å². The number of nitrogens with zero attached hydrogens (tertiary/aromatic N) is 2. The van der Waals surface area contributed by atoms with Crippen LogP contribution in [0.4, 0.5) is 5.69 Å². The van der Waals surface area contributed by atoms with Crippen molar-refractivity contribution >= 4 is 17.8 Å². The molecule has 0 aromatic heterocycles. The van der Waals surface area contributed by atoms with Gasteiger partial charge in [-0.3, -0.25) is 4.79 Å². The van der Waals surface area contributed by atoms with Crippen LogP contribution in [0.25, 0.3) is 0 Å². The average molecular weight is 231 g/mol. The second kappa shape index (κ2) is 4.99. The number of nitrogens with one attached hydrogen (secondary N) is 1. The van der Waals surface area contributed by atoms with Crippen LogP contribution in [0.2, 0.25) is 0 Å². The Morgan fingerprint density at radius 2 is 2.00 bits per heavy atom. The number of carbonyl (C=O) groups excluding carboxylic acids is 1. The van der Waals surface area contributed by atoms with Crippen LogP contribution in [0.3, 0.4) is 0 Å². The van der Waals surface area contributed by atoms with Crippen molar-refractivity contribution in [2.45, 2.75) is 12.8 Å². The molecule has 17 heavy (non-hydrogen) atoms. The van der Waals surface area contributed by atoms with Gasteiger partial charge in [0.15, 0.2) is 0 Å². The van der Waals surface area contributed by atoms with E-state index >= 15 is 0 Å². The van der Waals surface area contributed by atoms with E-state index in [2.05, 4.69) is 10.5 Å². The number of carbonyl (C=O) groups is 1. The maximum absolute atomic E-state index is 11.3. The topological polar surface area (TPSA) is 44.7 Å². The second-order valence-electron chi connectivity index (χ2n) is 4.49. The number of benzene rings is 1. The first kappa shape index (κ1) is 11.6. The van der Waals surface area contributed by atoms with Crippen molar-refractivity contribution in [2.24, 2.45) is 11.0 Å². The minimum atomic E-state index is 0.0335. The van der Waals surface area contributed by atoms with Gasteiger partial charge in [0.1, 0.15) is 0 Å². The summed E-state index contributed by atoms with van der Waals surface area (Å²) in [5, 5.41) is 3.94. The predicted octanol–water partition coefficient (Wildman–Crippen LogP) is 1.61. The molecule has 1 aromatic carbocycles. The lowest BCUT2D eigenvalue weighted by atomic mass is 10.2. The molecular formula is C13H17N3O. The molecule has 1 saturated carbocycles. The van der Waals surface area contributed by atoms with Crippen LogP contribution in [-0.2, 0) is 4.79 Å². The third-order valence-corrected chi connectivity index (χ3v) is 2.75. The quantitative estimate of drug-likeness (QED) is 0.632. The summed E-state index contributed by atoms with van der Waals surface area (Å²) in [6.07, 6.45) is 3.66. The molecule has 0 unspecified atom stereocenters. The molecule has 1 aliphatic carbocycles. The predicted molar refractivity (Wildman–Crippen MR) is 69.2 cm³/mol. The third kappa shape index (κ3) is 3.31. The summed E-state index contributed by atoms with van der Waals surface area (Å²) in [4.78, 5) is 13.3. The Labute approximate surface area is 101 Å². The van der Waals surface area contributed by atoms with Crippen LogP contribution < -0.4 is 10.3 Å². The number of hydrogen-bond acceptors (Lipinski definition) is 3. The minimum absolute atomic E-state index is 0.0335. The summed E-state index contributed by atoms with van der Waals surface area (Å²) in [5.74, 6) is 0.231. The highest BCUT2D eigenvalue weighted by molar-refractivity contribution is 5.84. The fourth-order valence-electron chi connectivity index (χ4n) is 1.47. The Balaban J connectivity index is 1.89. The van der Waals surface area contributed by atoms with Gasteiger partial charge < -0.3 is 4.90 Å². The van der Waals surface area contributed by atoms with Gasteiger partial charge in [-0.1, -0.05) is 12.1 Å². The zero-order chi connectivity index (χ0) is 12.3. The van der Waals surface area contributed by atoms with E-state index in [4.69, 9.17) is 0 Å². The summed E-state index contributed by atoms with van der Waals surface area (Å²) in [6.45, 7) is 0. The Bertz CT molecular complexity index is 419. The molecule has 1 aromatic rings. The highest BCUT2D eigenvalue weighted by atomic mass is 16.2. The summed E-state index contributed by atoms with van der Waals surface area (Å²) >= 11 is 0. The summed E-state index contributed by atoms with van der Waals surface area (Å²) < 4.78 is 0. The lowest BCUT2D eigenvalue weighted by molar-refractivity contribution is -0.122. The Hall–Kier alpha value is -1.84. The van der Waals surface area contributed by atoms with E-state index in [-0.39, 0.29) is 11.8 Å². The van der Waals surface area contributed by atoms with Crippen LogP contribution in [0.15, 0.2) is 29.4 Å². The molecule has 0 atom stereocenters. The summed E-state index contributed by atoms with van der Waals surface area (Å²) in [7, 11) is 4.00. The van der Waals surface area contributed by atoms with Gasteiger partial charge in [-0.05, 0) is 30.5 Å². The molecule has 4 heteroatoms. The first-order valence-corrected chi connectivity index (χ1v) is 5.77. The van der Waals surface area contributed by atoms with E-state index < -0.39 is 0 Å². The highest BCUT2D eigenvalue weighted by Gasteiger charge is 2.29. The van der Waals surface area contributed by atoms with E-state index in [1.165, 1.54) is 0 Å². The first-order chi connectivity index (χ1) is 8.16. The lowest BCUT2D eigenvalue weighted by Crippen LogP contribution is -2.18. The van der Waals surface area contributed by atoms with Crippen molar-refractivity contribution in [3.8, 4) is 0 Å². The van der Waals surface area contributed by atoms with Gasteiger partial charge in [0.25, 0.3) is 0 Å². The van der Waals surface area contributed by atoms with Crippen molar-refractivity contribution in [1.82, 2.24) is 5.43 Å². The molecule has 0 heterocycles. The van der Waals surface area contributed by atoms with Crippen molar-refractivity contribution in [3.05, 3.63) is 29.8 Å². The van der Waals surface area contributed by atoms with Gasteiger partial charge in [-0.15, -0.1) is 0 Å². The molecule has 2 rings (SSSR count). The van der Waals surface area contributed by atoms with Crippen LogP contribution in [0.5, 0.6) is 0 Å². The number of hydrogen-bond donors (Lipinski definition) is 1. The molecule has 1 fully saturated rings. The van der Waals surface area contributed by atoms with Crippen LogP contribution >= 0.6 is 0 Å². The van der Waals surface area contributed by atoms with Gasteiger partial charge in [0.05, 0.1) is 6.21 Å². The zero-order valence-electron chi connectivity index (χ0n) is 10.2. The van der Waals surface area contributed by atoms with E-state index in [9.17, 15) is 4.79 Å². The van der Waals surface area contributed by atoms with E-state index in [1.807, 2.05) is 43.3 Å². The lowest BCUT2D eigenvalue weighted by Gasteiger charge is -2.11. The third-order valence-electron chi connectivity index (χ3n) is 2.75. The summed E-state index contributed by atoms with van der Waals surface area (Å²) in [6, 6.07) is 7.98. The van der Waals surface area contributed by atoms with Crippen LogP contribution in [-0.4, -0.2) is 26.2 Å². The van der Waals surface area contributed by atoms with Crippen LogP contribution in [0.1, 0.15) is 18.4 Å². The molecule has 0 aliphatic heterocycles. The van der Waals surface area contributed by atoms with Gasteiger partial charge in [-0.25, -0.2) is 5.43 Å². The Morgan fingerprint density at radius 3 is 2.53 bits per heavy atom. The Kier molecular flexibility index (Phi) is 3.42. The maximum atomic E-state index is 11.3. The second-order valence-corrected chi connectivity index (χ2v) is 4.49. The van der Waals surface area contributed by atoms with Crippen molar-refractivity contribution in [1.29, 1.82) is 0 Å². The van der Waals surface area contributed by atoms with Crippen molar-refractivity contribution in [3.63, 3.8) is 0 Å². The Morgan fingerprint density at radius 1 is 1.35 bits per heavy atom. The zero-order valence-corrected chi connectivity index (χ0v) is 10.2. The van der Waals surface area contributed by atoms with Crippen molar-refractivity contribution < 1.29 is 4.79 Å². The summed E-state index contributed by atoms with van der Waals surface area (Å²) in [5.41, 5.74) is 4.67. The molecule has 0 radical (unpaired) electrons. The van der Waals surface area contributed by atoms with Gasteiger partial charge in [0, 0.05) is 25.7 Å². The van der Waals surface area contributed by atoms with Gasteiger partial charge in [-0.2, -0.15) is 5.10 Å². The maximum Gasteiger partial charge on any atom is 0.243 e. The average Bonchev–Trinajstić information content (AvgIpc) is 3.13.